The summed E-state index contributed by atoms with van der Waals surface area (Å²) < 4.78 is 4.87. The van der Waals surface area contributed by atoms with Crippen LogP contribution in [0.4, 0.5) is 5.13 Å². The van der Waals surface area contributed by atoms with E-state index in [1.807, 2.05) is 35.7 Å². The van der Waals surface area contributed by atoms with E-state index >= 15 is 0 Å². The number of nitrogens with one attached hydrogen (secondary N) is 1. The predicted molar refractivity (Wildman–Crippen MR) is 80.1 cm³/mol. The van der Waals surface area contributed by atoms with Crippen molar-refractivity contribution in [3.05, 3.63) is 47.0 Å². The van der Waals surface area contributed by atoms with Crippen LogP contribution in [0.25, 0.3) is 0 Å². The first-order valence-electron chi connectivity index (χ1n) is 6.22. The van der Waals surface area contributed by atoms with Gasteiger partial charge in [-0.2, -0.15) is 5.10 Å². The summed E-state index contributed by atoms with van der Waals surface area (Å²) in [7, 11) is 0. The molecule has 0 aliphatic rings. The smallest absolute Gasteiger partial charge is 0.311 e. The van der Waals surface area contributed by atoms with Crippen LogP contribution in [-0.2, 0) is 16.0 Å². The topological polar surface area (TPSA) is 63.6 Å². The quantitative estimate of drug-likeness (QED) is 0.504. The second kappa shape index (κ2) is 7.40. The van der Waals surface area contributed by atoms with Gasteiger partial charge in [-0.3, -0.25) is 10.2 Å². The minimum absolute atomic E-state index is 0.189. The van der Waals surface area contributed by atoms with E-state index in [0.29, 0.717) is 17.4 Å². The van der Waals surface area contributed by atoms with Gasteiger partial charge in [-0.25, -0.2) is 4.98 Å². The van der Waals surface area contributed by atoms with E-state index in [4.69, 9.17) is 4.74 Å². The Hall–Kier alpha value is -2.21. The number of carbonyl (C=O) groups is 1. The fourth-order valence-electron chi connectivity index (χ4n) is 1.50. The van der Waals surface area contributed by atoms with Crippen molar-refractivity contribution < 1.29 is 9.53 Å². The molecule has 104 valence electrons. The summed E-state index contributed by atoms with van der Waals surface area (Å²) in [6, 6.07) is 9.76. The molecule has 0 radical (unpaired) electrons. The van der Waals surface area contributed by atoms with E-state index in [1.165, 1.54) is 11.3 Å². The zero-order chi connectivity index (χ0) is 14.2. The third-order valence-corrected chi connectivity index (χ3v) is 3.15. The molecule has 2 aromatic rings. The van der Waals surface area contributed by atoms with Gasteiger partial charge >= 0.3 is 5.97 Å². The molecule has 0 aliphatic heterocycles. The van der Waals surface area contributed by atoms with E-state index in [2.05, 4.69) is 15.5 Å². The van der Waals surface area contributed by atoms with Crippen LogP contribution in [0.1, 0.15) is 18.2 Å². The first-order valence-corrected chi connectivity index (χ1v) is 7.10. The molecule has 2 rings (SSSR count). The van der Waals surface area contributed by atoms with Gasteiger partial charge in [0.2, 0.25) is 5.13 Å². The third kappa shape index (κ3) is 4.47. The maximum Gasteiger partial charge on any atom is 0.311 e. The van der Waals surface area contributed by atoms with Gasteiger partial charge in [0.25, 0.3) is 0 Å². The van der Waals surface area contributed by atoms with Crippen LogP contribution in [0.3, 0.4) is 0 Å². The zero-order valence-corrected chi connectivity index (χ0v) is 11.9. The number of rotatable bonds is 6. The maximum absolute atomic E-state index is 11.3. The van der Waals surface area contributed by atoms with Crippen molar-refractivity contribution >= 4 is 28.7 Å². The molecular weight excluding hydrogens is 274 g/mol. The van der Waals surface area contributed by atoms with E-state index < -0.39 is 0 Å². The lowest BCUT2D eigenvalue weighted by molar-refractivity contribution is -0.142. The molecule has 1 heterocycles. The summed E-state index contributed by atoms with van der Waals surface area (Å²) in [4.78, 5) is 15.6. The molecule has 1 aromatic heterocycles. The van der Waals surface area contributed by atoms with Crippen LogP contribution in [0, 0.1) is 0 Å². The van der Waals surface area contributed by atoms with Crippen molar-refractivity contribution in [2.45, 2.75) is 13.3 Å². The first-order chi connectivity index (χ1) is 9.78. The van der Waals surface area contributed by atoms with Crippen molar-refractivity contribution in [2.24, 2.45) is 5.10 Å². The fourth-order valence-corrected chi connectivity index (χ4v) is 2.16. The third-order valence-electron chi connectivity index (χ3n) is 2.36. The number of ether oxygens (including phenoxy) is 1. The number of benzene rings is 1. The molecule has 0 fully saturated rings. The van der Waals surface area contributed by atoms with Crippen molar-refractivity contribution in [3.63, 3.8) is 0 Å². The Labute approximate surface area is 121 Å². The molecule has 0 spiro atoms. The van der Waals surface area contributed by atoms with Gasteiger partial charge in [-0.1, -0.05) is 30.3 Å². The average molecular weight is 289 g/mol. The Bertz CT molecular complexity index is 581. The molecule has 6 heteroatoms. The zero-order valence-electron chi connectivity index (χ0n) is 11.1. The number of carbonyl (C=O) groups excluding carboxylic acids is 1. The van der Waals surface area contributed by atoms with Crippen molar-refractivity contribution in [3.8, 4) is 0 Å². The Morgan fingerprint density at radius 2 is 2.25 bits per heavy atom. The van der Waals surface area contributed by atoms with Crippen LogP contribution < -0.4 is 5.43 Å². The van der Waals surface area contributed by atoms with Gasteiger partial charge in [0.05, 0.1) is 24.9 Å². The summed E-state index contributed by atoms with van der Waals surface area (Å²) in [6.07, 6.45) is 1.90. The lowest BCUT2D eigenvalue weighted by Crippen LogP contribution is -2.07. The number of nitrogens with zero attached hydrogens (tertiary/aromatic N) is 2. The highest BCUT2D eigenvalue weighted by molar-refractivity contribution is 7.13. The predicted octanol–water partition coefficient (Wildman–Crippen LogP) is 2.69. The molecule has 1 N–H and O–H groups in total. The summed E-state index contributed by atoms with van der Waals surface area (Å²) in [5.74, 6) is -0.267. The largest absolute Gasteiger partial charge is 0.466 e. The number of hydrazone groups is 1. The molecule has 0 amide bonds. The Balaban J connectivity index is 1.87. The second-order valence-corrected chi connectivity index (χ2v) is 4.76. The number of aromatic nitrogens is 1. The van der Waals surface area contributed by atoms with E-state index in [0.717, 1.165) is 5.56 Å². The normalized spacial score (nSPS) is 10.7. The summed E-state index contributed by atoms with van der Waals surface area (Å²) in [5.41, 5.74) is 4.53. The highest BCUT2D eigenvalue weighted by atomic mass is 32.1. The minimum Gasteiger partial charge on any atom is -0.466 e. The highest BCUT2D eigenvalue weighted by Crippen LogP contribution is 2.15. The number of hydrogen-bond acceptors (Lipinski definition) is 6. The number of thiazole rings is 1. The average Bonchev–Trinajstić information content (AvgIpc) is 2.88. The van der Waals surface area contributed by atoms with Gasteiger partial charge in [0, 0.05) is 5.38 Å². The lowest BCUT2D eigenvalue weighted by Gasteiger charge is -1.98. The summed E-state index contributed by atoms with van der Waals surface area (Å²) in [5, 5.41) is 6.56. The van der Waals surface area contributed by atoms with Crippen LogP contribution in [0.15, 0.2) is 40.8 Å². The SMILES string of the molecule is CCOC(=O)Cc1csc(NN=Cc2ccccc2)n1. The summed E-state index contributed by atoms with van der Waals surface area (Å²) in [6.45, 7) is 2.17. The standard InChI is InChI=1S/C14H15N3O2S/c1-2-19-13(18)8-12-10-20-14(16-12)17-15-9-11-6-4-3-5-7-11/h3-7,9-10H,2,8H2,1H3,(H,16,17). The van der Waals surface area contributed by atoms with Crippen molar-refractivity contribution in [1.82, 2.24) is 4.98 Å². The molecular formula is C14H15N3O2S. The molecule has 0 bridgehead atoms. The Morgan fingerprint density at radius 3 is 3.00 bits per heavy atom. The monoisotopic (exact) mass is 289 g/mol. The molecule has 0 saturated carbocycles. The first kappa shape index (κ1) is 14.2. The molecule has 1 aromatic carbocycles. The number of hydrogen-bond donors (Lipinski definition) is 1. The van der Waals surface area contributed by atoms with Crippen LogP contribution in [-0.4, -0.2) is 23.8 Å². The van der Waals surface area contributed by atoms with Gasteiger partial charge in [-0.15, -0.1) is 11.3 Å². The molecule has 0 aliphatic carbocycles. The van der Waals surface area contributed by atoms with Gasteiger partial charge in [-0.05, 0) is 12.5 Å². The van der Waals surface area contributed by atoms with Crippen molar-refractivity contribution in [2.75, 3.05) is 12.0 Å². The van der Waals surface area contributed by atoms with Crippen molar-refractivity contribution in [1.29, 1.82) is 0 Å². The van der Waals surface area contributed by atoms with Crippen LogP contribution in [0.5, 0.6) is 0 Å². The molecule has 0 unspecified atom stereocenters. The fraction of sp³-hybridized carbons (Fsp3) is 0.214. The van der Waals surface area contributed by atoms with Gasteiger partial charge < -0.3 is 4.74 Å². The number of esters is 1. The minimum atomic E-state index is -0.267. The van der Waals surface area contributed by atoms with Gasteiger partial charge in [0.15, 0.2) is 0 Å². The van der Waals surface area contributed by atoms with Crippen LogP contribution >= 0.6 is 11.3 Å². The Kier molecular flexibility index (Phi) is 5.25. The molecule has 0 atom stereocenters. The van der Waals surface area contributed by atoms with E-state index in [-0.39, 0.29) is 12.4 Å². The molecule has 5 nitrogen and oxygen atoms in total. The molecule has 20 heavy (non-hydrogen) atoms. The molecule has 0 saturated heterocycles. The van der Waals surface area contributed by atoms with Crippen LogP contribution in [0.2, 0.25) is 0 Å². The Morgan fingerprint density at radius 1 is 1.45 bits per heavy atom. The van der Waals surface area contributed by atoms with Gasteiger partial charge in [0.1, 0.15) is 0 Å². The number of anilines is 1. The summed E-state index contributed by atoms with van der Waals surface area (Å²) >= 11 is 1.40. The lowest BCUT2D eigenvalue weighted by atomic mass is 10.2. The van der Waals surface area contributed by atoms with E-state index in [1.54, 1.807) is 13.1 Å². The highest BCUT2D eigenvalue weighted by Gasteiger charge is 2.07. The second-order valence-electron chi connectivity index (χ2n) is 3.91. The van der Waals surface area contributed by atoms with E-state index in [9.17, 15) is 4.79 Å². The maximum atomic E-state index is 11.3.